The second kappa shape index (κ2) is 9.47. The van der Waals surface area contributed by atoms with Crippen molar-refractivity contribution >= 4 is 11.8 Å². The molecule has 0 bridgehead atoms. The van der Waals surface area contributed by atoms with Crippen LogP contribution in [0.1, 0.15) is 75.1 Å². The first-order valence-corrected chi connectivity index (χ1v) is 12.0. The SMILES string of the molecule is Cc1cc(OCC(C)C2CCS2)cc(C)c1Oc1ccc(C(C)C)c(C(C)C)c1. The molecule has 2 unspecified atom stereocenters. The molecule has 29 heavy (non-hydrogen) atoms. The van der Waals surface area contributed by atoms with Crippen molar-refractivity contribution in [3.05, 3.63) is 52.6 Å². The summed E-state index contributed by atoms with van der Waals surface area (Å²) in [6.07, 6.45) is 1.33. The molecule has 0 amide bonds. The maximum atomic E-state index is 6.35. The van der Waals surface area contributed by atoms with E-state index in [4.69, 9.17) is 9.47 Å². The first kappa shape index (κ1) is 22.1. The normalized spacial score (nSPS) is 17.3. The number of benzene rings is 2. The fourth-order valence-electron chi connectivity index (χ4n) is 3.95. The number of hydrogen-bond donors (Lipinski definition) is 0. The monoisotopic (exact) mass is 412 g/mol. The van der Waals surface area contributed by atoms with Gasteiger partial charge in [0.25, 0.3) is 0 Å². The third kappa shape index (κ3) is 5.31. The fourth-order valence-corrected chi connectivity index (χ4v) is 4.87. The summed E-state index contributed by atoms with van der Waals surface area (Å²) in [5.74, 6) is 5.68. The van der Waals surface area contributed by atoms with Crippen molar-refractivity contribution in [2.24, 2.45) is 5.92 Å². The summed E-state index contributed by atoms with van der Waals surface area (Å²) in [4.78, 5) is 0. The summed E-state index contributed by atoms with van der Waals surface area (Å²) < 4.78 is 12.5. The van der Waals surface area contributed by atoms with E-state index in [1.54, 1.807) is 0 Å². The quantitative estimate of drug-likeness (QED) is 0.439. The first-order valence-electron chi connectivity index (χ1n) is 10.9. The van der Waals surface area contributed by atoms with Gasteiger partial charge >= 0.3 is 0 Å². The number of aryl methyl sites for hydroxylation is 2. The Labute approximate surface area is 181 Å². The van der Waals surface area contributed by atoms with Crippen molar-refractivity contribution in [1.82, 2.24) is 0 Å². The van der Waals surface area contributed by atoms with Crippen LogP contribution in [0, 0.1) is 19.8 Å². The van der Waals surface area contributed by atoms with Crippen LogP contribution in [0.4, 0.5) is 0 Å². The minimum atomic E-state index is 0.477. The lowest BCUT2D eigenvalue weighted by atomic mass is 9.90. The van der Waals surface area contributed by atoms with E-state index in [1.165, 1.54) is 23.3 Å². The van der Waals surface area contributed by atoms with Gasteiger partial charge in [-0.2, -0.15) is 11.8 Å². The van der Waals surface area contributed by atoms with Crippen LogP contribution in [-0.2, 0) is 0 Å². The largest absolute Gasteiger partial charge is 0.493 e. The van der Waals surface area contributed by atoms with E-state index in [0.717, 1.165) is 40.2 Å². The van der Waals surface area contributed by atoms with Gasteiger partial charge in [-0.15, -0.1) is 0 Å². The zero-order chi connectivity index (χ0) is 21.1. The van der Waals surface area contributed by atoms with Crippen LogP contribution in [0.25, 0.3) is 0 Å². The molecular formula is C26H36O2S. The Hall–Kier alpha value is -1.61. The topological polar surface area (TPSA) is 18.5 Å². The van der Waals surface area contributed by atoms with Crippen LogP contribution in [0.15, 0.2) is 30.3 Å². The number of ether oxygens (including phenoxy) is 2. The second-order valence-corrected chi connectivity index (χ2v) is 10.4. The Morgan fingerprint density at radius 2 is 1.52 bits per heavy atom. The van der Waals surface area contributed by atoms with E-state index in [0.29, 0.717) is 17.8 Å². The second-order valence-electron chi connectivity index (χ2n) is 9.07. The van der Waals surface area contributed by atoms with Gasteiger partial charge in [-0.1, -0.05) is 40.7 Å². The van der Waals surface area contributed by atoms with Crippen molar-refractivity contribution in [2.45, 2.75) is 72.0 Å². The van der Waals surface area contributed by atoms with Crippen molar-refractivity contribution < 1.29 is 9.47 Å². The third-order valence-corrected chi connectivity index (χ3v) is 7.44. The Morgan fingerprint density at radius 1 is 0.897 bits per heavy atom. The zero-order valence-electron chi connectivity index (χ0n) is 19.0. The minimum Gasteiger partial charge on any atom is -0.493 e. The Kier molecular flexibility index (Phi) is 7.21. The van der Waals surface area contributed by atoms with Crippen LogP contribution < -0.4 is 9.47 Å². The van der Waals surface area contributed by atoms with E-state index in [9.17, 15) is 0 Å². The molecule has 3 heteroatoms. The number of hydrogen-bond acceptors (Lipinski definition) is 3. The summed E-state index contributed by atoms with van der Waals surface area (Å²) in [5.41, 5.74) is 5.01. The lowest BCUT2D eigenvalue weighted by molar-refractivity contribution is 0.252. The first-order chi connectivity index (χ1) is 13.8. The third-order valence-electron chi connectivity index (χ3n) is 5.84. The average Bonchev–Trinajstić information content (AvgIpc) is 2.61. The summed E-state index contributed by atoms with van der Waals surface area (Å²) in [6, 6.07) is 10.7. The van der Waals surface area contributed by atoms with Gasteiger partial charge in [-0.05, 0) is 84.4 Å². The van der Waals surface area contributed by atoms with Gasteiger partial charge in [-0.3, -0.25) is 0 Å². The predicted molar refractivity (Wildman–Crippen MR) is 126 cm³/mol. The fraction of sp³-hybridized carbons (Fsp3) is 0.538. The molecule has 0 radical (unpaired) electrons. The Bertz CT molecular complexity index is 814. The Morgan fingerprint density at radius 3 is 2.03 bits per heavy atom. The van der Waals surface area contributed by atoms with Crippen molar-refractivity contribution in [3.63, 3.8) is 0 Å². The van der Waals surface area contributed by atoms with Crippen LogP contribution in [0.2, 0.25) is 0 Å². The molecule has 0 spiro atoms. The van der Waals surface area contributed by atoms with Gasteiger partial charge in [0.1, 0.15) is 17.2 Å². The van der Waals surface area contributed by atoms with Gasteiger partial charge in [0, 0.05) is 11.2 Å². The maximum Gasteiger partial charge on any atom is 0.133 e. The van der Waals surface area contributed by atoms with Gasteiger partial charge in [0.2, 0.25) is 0 Å². The van der Waals surface area contributed by atoms with Crippen molar-refractivity contribution in [3.8, 4) is 17.2 Å². The van der Waals surface area contributed by atoms with Gasteiger partial charge in [0.15, 0.2) is 0 Å². The molecule has 1 saturated heterocycles. The highest BCUT2D eigenvalue weighted by Crippen LogP contribution is 2.37. The summed E-state index contributed by atoms with van der Waals surface area (Å²) in [7, 11) is 0. The molecule has 1 aliphatic rings. The number of thioether (sulfide) groups is 1. The predicted octanol–water partition coefficient (Wildman–Crippen LogP) is 7.86. The van der Waals surface area contributed by atoms with E-state index in [1.807, 2.05) is 0 Å². The van der Waals surface area contributed by atoms with Crippen LogP contribution in [0.3, 0.4) is 0 Å². The molecule has 0 aliphatic carbocycles. The van der Waals surface area contributed by atoms with Crippen LogP contribution in [-0.4, -0.2) is 17.6 Å². The summed E-state index contributed by atoms with van der Waals surface area (Å²) in [5, 5.41) is 0.767. The van der Waals surface area contributed by atoms with E-state index in [2.05, 4.69) is 90.6 Å². The van der Waals surface area contributed by atoms with Crippen LogP contribution >= 0.6 is 11.8 Å². The van der Waals surface area contributed by atoms with Crippen LogP contribution in [0.5, 0.6) is 17.2 Å². The molecule has 0 N–H and O–H groups in total. The van der Waals surface area contributed by atoms with Crippen molar-refractivity contribution in [1.29, 1.82) is 0 Å². The Balaban J connectivity index is 1.75. The van der Waals surface area contributed by atoms with Gasteiger partial charge < -0.3 is 9.47 Å². The molecule has 2 aromatic rings. The minimum absolute atomic E-state index is 0.477. The van der Waals surface area contributed by atoms with E-state index < -0.39 is 0 Å². The lowest BCUT2D eigenvalue weighted by Gasteiger charge is -2.30. The highest BCUT2D eigenvalue weighted by Gasteiger charge is 2.25. The molecule has 158 valence electrons. The summed E-state index contributed by atoms with van der Waals surface area (Å²) in [6.45, 7) is 16.3. The standard InChI is InChI=1S/C26H36O2S/c1-16(2)23-9-8-21(14-24(23)17(3)4)28-26-18(5)12-22(13-19(26)6)27-15-20(7)25-10-11-29-25/h8-9,12-14,16-17,20,25H,10-11,15H2,1-7H3. The smallest absolute Gasteiger partial charge is 0.133 e. The highest BCUT2D eigenvalue weighted by atomic mass is 32.2. The molecular weight excluding hydrogens is 376 g/mol. The molecule has 0 aromatic heterocycles. The molecule has 1 heterocycles. The van der Waals surface area contributed by atoms with Gasteiger partial charge in [-0.25, -0.2) is 0 Å². The van der Waals surface area contributed by atoms with Crippen molar-refractivity contribution in [2.75, 3.05) is 12.4 Å². The molecule has 2 nitrogen and oxygen atoms in total. The molecule has 2 aromatic carbocycles. The molecule has 0 saturated carbocycles. The van der Waals surface area contributed by atoms with Gasteiger partial charge in [0.05, 0.1) is 6.61 Å². The lowest BCUT2D eigenvalue weighted by Crippen LogP contribution is -2.28. The maximum absolute atomic E-state index is 6.35. The molecule has 3 rings (SSSR count). The average molecular weight is 413 g/mol. The van der Waals surface area contributed by atoms with E-state index >= 15 is 0 Å². The van der Waals surface area contributed by atoms with E-state index in [-0.39, 0.29) is 0 Å². The molecule has 1 aliphatic heterocycles. The molecule has 1 fully saturated rings. The highest BCUT2D eigenvalue weighted by molar-refractivity contribution is 8.01. The number of rotatable bonds is 8. The zero-order valence-corrected chi connectivity index (χ0v) is 19.9. The molecule has 2 atom stereocenters. The summed E-state index contributed by atoms with van der Waals surface area (Å²) >= 11 is 2.06.